The number of pyridine rings is 1. The van der Waals surface area contributed by atoms with E-state index in [1.165, 1.54) is 18.2 Å². The van der Waals surface area contributed by atoms with Crippen molar-refractivity contribution in [2.24, 2.45) is 0 Å². The number of morpholine rings is 1. The van der Waals surface area contributed by atoms with Crippen LogP contribution in [0.1, 0.15) is 27.8 Å². The molecule has 2 N–H and O–H groups in total. The number of carbonyl (C=O) groups excluding carboxylic acids is 1. The molecule has 1 aliphatic heterocycles. The summed E-state index contributed by atoms with van der Waals surface area (Å²) in [6.45, 7) is 1.79. The summed E-state index contributed by atoms with van der Waals surface area (Å²) >= 11 is 5.86. The van der Waals surface area contributed by atoms with E-state index >= 15 is 0 Å². The fraction of sp³-hybridized carbons (Fsp3) is 0.235. The first-order valence-corrected chi connectivity index (χ1v) is 7.95. The summed E-state index contributed by atoms with van der Waals surface area (Å²) in [4.78, 5) is 16.1. The van der Waals surface area contributed by atoms with Gasteiger partial charge in [0.2, 0.25) is 0 Å². The molecule has 0 radical (unpaired) electrons. The number of halogens is 3. The van der Waals surface area contributed by atoms with Crippen molar-refractivity contribution in [2.45, 2.75) is 6.10 Å². The van der Waals surface area contributed by atoms with Gasteiger partial charge in [0.15, 0.2) is 0 Å². The lowest BCUT2D eigenvalue weighted by Crippen LogP contribution is -2.33. The zero-order valence-corrected chi connectivity index (χ0v) is 15.0. The van der Waals surface area contributed by atoms with Crippen molar-refractivity contribution in [2.75, 3.05) is 25.0 Å². The highest BCUT2D eigenvalue weighted by Crippen LogP contribution is 2.24. The van der Waals surface area contributed by atoms with Gasteiger partial charge < -0.3 is 15.4 Å². The Morgan fingerprint density at radius 1 is 1.42 bits per heavy atom. The van der Waals surface area contributed by atoms with Gasteiger partial charge in [-0.1, -0.05) is 17.7 Å². The third-order valence-corrected chi connectivity index (χ3v) is 3.89. The van der Waals surface area contributed by atoms with Crippen LogP contribution >= 0.6 is 24.0 Å². The summed E-state index contributed by atoms with van der Waals surface area (Å²) in [5.74, 6) is -1.05. The first-order valence-electron chi connectivity index (χ1n) is 7.57. The Morgan fingerprint density at radius 2 is 2.23 bits per heavy atom. The van der Waals surface area contributed by atoms with Crippen molar-refractivity contribution in [3.63, 3.8) is 0 Å². The van der Waals surface area contributed by atoms with Crippen LogP contribution in [-0.2, 0) is 4.74 Å². The van der Waals surface area contributed by atoms with E-state index in [0.717, 1.165) is 6.54 Å². The third-order valence-electron chi connectivity index (χ3n) is 3.67. The Labute approximate surface area is 160 Å². The van der Waals surface area contributed by atoms with Crippen LogP contribution < -0.4 is 10.6 Å². The molecule has 26 heavy (non-hydrogen) atoms. The number of nitriles is 1. The first-order chi connectivity index (χ1) is 12.1. The van der Waals surface area contributed by atoms with Gasteiger partial charge in [0, 0.05) is 29.4 Å². The van der Waals surface area contributed by atoms with E-state index in [1.807, 2.05) is 6.07 Å². The van der Waals surface area contributed by atoms with Gasteiger partial charge in [-0.15, -0.1) is 12.4 Å². The van der Waals surface area contributed by atoms with Gasteiger partial charge in [-0.2, -0.15) is 5.26 Å². The largest absolute Gasteiger partial charge is 0.371 e. The average molecular weight is 397 g/mol. The molecule has 0 unspecified atom stereocenters. The van der Waals surface area contributed by atoms with Crippen LogP contribution in [-0.4, -0.2) is 30.6 Å². The molecule has 9 heteroatoms. The zero-order chi connectivity index (χ0) is 17.8. The molecule has 2 heterocycles. The number of nitrogens with one attached hydrogen (secondary N) is 2. The second-order valence-corrected chi connectivity index (χ2v) is 5.86. The van der Waals surface area contributed by atoms with Crippen LogP contribution in [0.25, 0.3) is 0 Å². The number of carbonyl (C=O) groups is 1. The van der Waals surface area contributed by atoms with E-state index in [9.17, 15) is 9.18 Å². The standard InChI is InChI=1S/C17H14ClFN4O2.ClH/c18-10-5-12(8-20)22-15(6-10)17(24)23-11-1-2-13(14(19)7-11)16-9-21-3-4-25-16;/h1-2,5-7,16,21H,3-4,9H2,(H,23,24);1H/t16-;/m1./s1. The molecule has 1 fully saturated rings. The summed E-state index contributed by atoms with van der Waals surface area (Å²) in [6.07, 6.45) is -0.355. The molecule has 1 atom stereocenters. The second kappa shape index (κ2) is 8.92. The summed E-state index contributed by atoms with van der Waals surface area (Å²) in [5.41, 5.74) is 0.711. The lowest BCUT2D eigenvalue weighted by atomic mass is 10.1. The lowest BCUT2D eigenvalue weighted by Gasteiger charge is -2.24. The molecule has 2 aromatic rings. The third kappa shape index (κ3) is 4.68. The fourth-order valence-corrected chi connectivity index (χ4v) is 2.70. The molecule has 1 aliphatic rings. The highest BCUT2D eigenvalue weighted by atomic mass is 35.5. The predicted molar refractivity (Wildman–Crippen MR) is 97.1 cm³/mol. The van der Waals surface area contributed by atoms with Crippen LogP contribution in [0.3, 0.4) is 0 Å². The number of anilines is 1. The van der Waals surface area contributed by atoms with Gasteiger partial charge in [0.25, 0.3) is 5.91 Å². The molecular weight excluding hydrogens is 382 g/mol. The van der Waals surface area contributed by atoms with Crippen LogP contribution in [0, 0.1) is 17.1 Å². The Hall–Kier alpha value is -2.24. The van der Waals surface area contributed by atoms with E-state index < -0.39 is 11.7 Å². The summed E-state index contributed by atoms with van der Waals surface area (Å²) < 4.78 is 19.9. The number of aromatic nitrogens is 1. The van der Waals surface area contributed by atoms with Gasteiger partial charge in [0.05, 0.1) is 12.7 Å². The minimum atomic E-state index is -0.582. The van der Waals surface area contributed by atoms with E-state index in [2.05, 4.69) is 15.6 Å². The van der Waals surface area contributed by atoms with E-state index in [4.69, 9.17) is 21.6 Å². The van der Waals surface area contributed by atoms with Crippen LogP contribution in [0.5, 0.6) is 0 Å². The molecule has 1 aromatic heterocycles. The SMILES string of the molecule is Cl.N#Cc1cc(Cl)cc(C(=O)Nc2ccc([C@H]3CNCCO3)c(F)c2)n1. The number of hydrogen-bond donors (Lipinski definition) is 2. The van der Waals surface area contributed by atoms with Crippen molar-refractivity contribution >= 4 is 35.6 Å². The molecule has 1 aromatic carbocycles. The van der Waals surface area contributed by atoms with Crippen molar-refractivity contribution in [3.05, 3.63) is 58.1 Å². The lowest BCUT2D eigenvalue weighted by molar-refractivity contribution is 0.0255. The monoisotopic (exact) mass is 396 g/mol. The number of hydrogen-bond acceptors (Lipinski definition) is 5. The van der Waals surface area contributed by atoms with Crippen LogP contribution in [0.2, 0.25) is 5.02 Å². The average Bonchev–Trinajstić information content (AvgIpc) is 2.62. The Morgan fingerprint density at radius 3 is 2.88 bits per heavy atom. The van der Waals surface area contributed by atoms with Crippen molar-refractivity contribution in [1.82, 2.24) is 10.3 Å². The molecule has 136 valence electrons. The minimum Gasteiger partial charge on any atom is -0.371 e. The Bertz CT molecular complexity index is 851. The number of nitrogens with zero attached hydrogens (tertiary/aromatic N) is 2. The quantitative estimate of drug-likeness (QED) is 0.832. The summed E-state index contributed by atoms with van der Waals surface area (Å²) in [6, 6.07) is 8.90. The molecule has 0 saturated carbocycles. The number of rotatable bonds is 3. The van der Waals surface area contributed by atoms with Gasteiger partial charge in [-0.25, -0.2) is 9.37 Å². The van der Waals surface area contributed by atoms with Crippen molar-refractivity contribution in [1.29, 1.82) is 5.26 Å². The zero-order valence-electron chi connectivity index (χ0n) is 13.5. The smallest absolute Gasteiger partial charge is 0.274 e. The van der Waals surface area contributed by atoms with Gasteiger partial charge in [-0.05, 0) is 24.3 Å². The molecule has 0 spiro atoms. The minimum absolute atomic E-state index is 0. The topological polar surface area (TPSA) is 87.0 Å². The van der Waals surface area contributed by atoms with Gasteiger partial charge >= 0.3 is 0 Å². The highest BCUT2D eigenvalue weighted by molar-refractivity contribution is 6.31. The molecule has 1 saturated heterocycles. The number of amides is 1. The maximum Gasteiger partial charge on any atom is 0.274 e. The maximum atomic E-state index is 14.3. The molecule has 0 aliphatic carbocycles. The molecule has 0 bridgehead atoms. The van der Waals surface area contributed by atoms with Crippen LogP contribution in [0.4, 0.5) is 10.1 Å². The van der Waals surface area contributed by atoms with E-state index in [1.54, 1.807) is 12.1 Å². The van der Waals surface area contributed by atoms with E-state index in [0.29, 0.717) is 18.7 Å². The number of benzene rings is 1. The molecule has 6 nitrogen and oxygen atoms in total. The molecular formula is C17H15Cl2FN4O2. The Kier molecular flexibility index (Phi) is 6.89. The number of ether oxygens (including phenoxy) is 1. The predicted octanol–water partition coefficient (Wildman–Crippen LogP) is 3.08. The molecule has 1 amide bonds. The van der Waals surface area contributed by atoms with Crippen molar-refractivity contribution < 1.29 is 13.9 Å². The Balaban J connectivity index is 0.00000243. The summed E-state index contributed by atoms with van der Waals surface area (Å²) in [7, 11) is 0. The van der Waals surface area contributed by atoms with Crippen molar-refractivity contribution in [3.8, 4) is 6.07 Å². The fourth-order valence-electron chi connectivity index (χ4n) is 2.50. The van der Waals surface area contributed by atoms with Gasteiger partial charge in [-0.3, -0.25) is 4.79 Å². The molecule has 3 rings (SSSR count). The van der Waals surface area contributed by atoms with E-state index in [-0.39, 0.29) is 40.6 Å². The van der Waals surface area contributed by atoms with Crippen LogP contribution in [0.15, 0.2) is 30.3 Å². The highest BCUT2D eigenvalue weighted by Gasteiger charge is 2.20. The maximum absolute atomic E-state index is 14.3. The normalized spacial score (nSPS) is 16.3. The second-order valence-electron chi connectivity index (χ2n) is 5.42. The summed E-state index contributed by atoms with van der Waals surface area (Å²) in [5, 5.41) is 14.8. The first kappa shape index (κ1) is 20.1. The van der Waals surface area contributed by atoms with Gasteiger partial charge in [0.1, 0.15) is 23.3 Å².